The number of aliphatic carboxylic acids is 1. The zero-order valence-corrected chi connectivity index (χ0v) is 5.93. The number of carbonyl (C=O) groups is 1. The van der Waals surface area contributed by atoms with Crippen molar-refractivity contribution in [2.24, 2.45) is 0 Å². The van der Waals surface area contributed by atoms with Crippen LogP contribution >= 0.6 is 0 Å². The van der Waals surface area contributed by atoms with E-state index >= 15 is 0 Å². The fourth-order valence-electron chi connectivity index (χ4n) is 0.473. The average Bonchev–Trinajstić information content (AvgIpc) is 1.88. The predicted molar refractivity (Wildman–Crippen MR) is 35.7 cm³/mol. The molecular formula is C6H12FNO2. The second-order valence-corrected chi connectivity index (χ2v) is 2.06. The van der Waals surface area contributed by atoms with Crippen LogP contribution in [0, 0.1) is 0 Å². The number of halogens is 1. The molecule has 0 saturated carbocycles. The second kappa shape index (κ2) is 5.17. The maximum Gasteiger partial charge on any atom is 0.320 e. The minimum absolute atomic E-state index is 0.373. The molecule has 0 aliphatic heterocycles. The van der Waals surface area contributed by atoms with Crippen molar-refractivity contribution >= 4 is 5.97 Å². The Bertz CT molecular complexity index is 108. The summed E-state index contributed by atoms with van der Waals surface area (Å²) < 4.78 is 11.5. The maximum atomic E-state index is 11.5. The zero-order chi connectivity index (χ0) is 7.98. The van der Waals surface area contributed by atoms with Gasteiger partial charge in [-0.15, -0.1) is 0 Å². The van der Waals surface area contributed by atoms with Gasteiger partial charge in [0.1, 0.15) is 6.04 Å². The predicted octanol–water partition coefficient (Wildman–Crippen LogP) is 0.409. The summed E-state index contributed by atoms with van der Waals surface area (Å²) in [4.78, 5) is 10.1. The van der Waals surface area contributed by atoms with Gasteiger partial charge in [-0.2, -0.15) is 0 Å². The van der Waals surface area contributed by atoms with Gasteiger partial charge < -0.3 is 10.4 Å². The van der Waals surface area contributed by atoms with E-state index in [1.165, 1.54) is 6.92 Å². The quantitative estimate of drug-likeness (QED) is 0.556. The van der Waals surface area contributed by atoms with Crippen LogP contribution in [0.15, 0.2) is 0 Å². The van der Waals surface area contributed by atoms with Gasteiger partial charge in [-0.1, -0.05) is 0 Å². The Hall–Kier alpha value is -0.640. The lowest BCUT2D eigenvalue weighted by atomic mass is 10.3. The van der Waals surface area contributed by atoms with Gasteiger partial charge in [0.05, 0.1) is 6.67 Å². The summed E-state index contributed by atoms with van der Waals surface area (Å²) in [6.07, 6.45) is 0.373. The number of carboxylic acids is 1. The van der Waals surface area contributed by atoms with Crippen LogP contribution in [0.3, 0.4) is 0 Å². The molecule has 0 spiro atoms. The molecule has 0 aliphatic carbocycles. The minimum atomic E-state index is -0.904. The normalized spacial score (nSPS) is 13.0. The standard InChI is InChI=1S/C6H12FNO2/c1-5(6(9)10)8-4-2-3-7/h5,8H,2-4H2,1H3,(H,9,10)/t5-/m0/s1. The largest absolute Gasteiger partial charge is 0.480 e. The Morgan fingerprint density at radius 3 is 2.80 bits per heavy atom. The smallest absolute Gasteiger partial charge is 0.320 e. The van der Waals surface area contributed by atoms with Gasteiger partial charge in [-0.05, 0) is 19.9 Å². The number of alkyl halides is 1. The molecule has 10 heavy (non-hydrogen) atoms. The Kier molecular flexibility index (Phi) is 4.84. The maximum absolute atomic E-state index is 11.5. The van der Waals surface area contributed by atoms with Gasteiger partial charge in [-0.25, -0.2) is 0 Å². The van der Waals surface area contributed by atoms with E-state index in [1.54, 1.807) is 0 Å². The Labute approximate surface area is 59.2 Å². The third-order valence-corrected chi connectivity index (χ3v) is 1.13. The molecule has 0 radical (unpaired) electrons. The van der Waals surface area contributed by atoms with Gasteiger partial charge in [0.25, 0.3) is 0 Å². The van der Waals surface area contributed by atoms with Crippen LogP contribution in [-0.4, -0.2) is 30.3 Å². The van der Waals surface area contributed by atoms with Crippen molar-refractivity contribution in [3.05, 3.63) is 0 Å². The highest BCUT2D eigenvalue weighted by molar-refractivity contribution is 5.72. The molecule has 1 atom stereocenters. The van der Waals surface area contributed by atoms with Crippen molar-refractivity contribution in [2.75, 3.05) is 13.2 Å². The molecule has 0 aromatic rings. The number of hydrogen-bond acceptors (Lipinski definition) is 2. The van der Waals surface area contributed by atoms with E-state index in [-0.39, 0.29) is 0 Å². The average molecular weight is 149 g/mol. The molecule has 0 unspecified atom stereocenters. The molecule has 0 saturated heterocycles. The lowest BCUT2D eigenvalue weighted by Gasteiger charge is -2.06. The third-order valence-electron chi connectivity index (χ3n) is 1.13. The van der Waals surface area contributed by atoms with Crippen molar-refractivity contribution < 1.29 is 14.3 Å². The second-order valence-electron chi connectivity index (χ2n) is 2.06. The fraction of sp³-hybridized carbons (Fsp3) is 0.833. The van der Waals surface area contributed by atoms with Crippen LogP contribution < -0.4 is 5.32 Å². The molecule has 0 bridgehead atoms. The van der Waals surface area contributed by atoms with E-state index < -0.39 is 18.7 Å². The van der Waals surface area contributed by atoms with E-state index in [0.29, 0.717) is 13.0 Å². The molecule has 4 heteroatoms. The highest BCUT2D eigenvalue weighted by Gasteiger charge is 2.07. The lowest BCUT2D eigenvalue weighted by Crippen LogP contribution is -2.34. The van der Waals surface area contributed by atoms with Gasteiger partial charge in [0.2, 0.25) is 0 Å². The Morgan fingerprint density at radius 1 is 1.80 bits per heavy atom. The summed E-state index contributed by atoms with van der Waals surface area (Å²) in [7, 11) is 0. The first-order valence-corrected chi connectivity index (χ1v) is 3.20. The van der Waals surface area contributed by atoms with E-state index in [9.17, 15) is 9.18 Å². The highest BCUT2D eigenvalue weighted by atomic mass is 19.1. The molecule has 0 rings (SSSR count). The summed E-state index contributed by atoms with van der Waals surface area (Å²) >= 11 is 0. The monoisotopic (exact) mass is 149 g/mol. The summed E-state index contributed by atoms with van der Waals surface area (Å²) in [6.45, 7) is 1.55. The minimum Gasteiger partial charge on any atom is -0.480 e. The van der Waals surface area contributed by atoms with Crippen molar-refractivity contribution in [2.45, 2.75) is 19.4 Å². The van der Waals surface area contributed by atoms with Crippen LogP contribution in [0.5, 0.6) is 0 Å². The zero-order valence-electron chi connectivity index (χ0n) is 5.93. The van der Waals surface area contributed by atoms with Crippen LogP contribution in [0.25, 0.3) is 0 Å². The molecule has 0 fully saturated rings. The number of carboxylic acid groups (broad SMARTS) is 1. The van der Waals surface area contributed by atoms with Crippen LogP contribution in [0.2, 0.25) is 0 Å². The first-order chi connectivity index (χ1) is 4.68. The van der Waals surface area contributed by atoms with Crippen LogP contribution in [0.4, 0.5) is 4.39 Å². The first kappa shape index (κ1) is 9.36. The molecule has 0 aromatic heterocycles. The Balaban J connectivity index is 3.21. The number of nitrogens with one attached hydrogen (secondary N) is 1. The lowest BCUT2D eigenvalue weighted by molar-refractivity contribution is -0.138. The molecule has 0 aliphatic rings. The summed E-state index contributed by atoms with van der Waals surface area (Å²) in [5.74, 6) is -0.904. The van der Waals surface area contributed by atoms with Gasteiger partial charge in [-0.3, -0.25) is 9.18 Å². The van der Waals surface area contributed by atoms with Crippen molar-refractivity contribution in [1.29, 1.82) is 0 Å². The third kappa shape index (κ3) is 4.26. The van der Waals surface area contributed by atoms with E-state index in [0.717, 1.165) is 0 Å². The van der Waals surface area contributed by atoms with E-state index in [2.05, 4.69) is 5.32 Å². The van der Waals surface area contributed by atoms with Crippen molar-refractivity contribution in [3.63, 3.8) is 0 Å². The van der Waals surface area contributed by atoms with Crippen molar-refractivity contribution in [3.8, 4) is 0 Å². The molecular weight excluding hydrogens is 137 g/mol. The van der Waals surface area contributed by atoms with Gasteiger partial charge >= 0.3 is 5.97 Å². The summed E-state index contributed by atoms with van der Waals surface area (Å²) in [6, 6.07) is -0.577. The summed E-state index contributed by atoms with van der Waals surface area (Å²) in [5, 5.41) is 11.0. The fourth-order valence-corrected chi connectivity index (χ4v) is 0.473. The van der Waals surface area contributed by atoms with Crippen molar-refractivity contribution in [1.82, 2.24) is 5.32 Å². The molecule has 60 valence electrons. The molecule has 0 amide bonds. The molecule has 2 N–H and O–H groups in total. The topological polar surface area (TPSA) is 49.3 Å². The van der Waals surface area contributed by atoms with Crippen LogP contribution in [-0.2, 0) is 4.79 Å². The first-order valence-electron chi connectivity index (χ1n) is 3.20. The Morgan fingerprint density at radius 2 is 2.40 bits per heavy atom. The molecule has 3 nitrogen and oxygen atoms in total. The van der Waals surface area contributed by atoms with Crippen LogP contribution in [0.1, 0.15) is 13.3 Å². The van der Waals surface area contributed by atoms with Gasteiger partial charge in [0.15, 0.2) is 0 Å². The van der Waals surface area contributed by atoms with E-state index in [4.69, 9.17) is 5.11 Å². The van der Waals surface area contributed by atoms with Gasteiger partial charge in [0, 0.05) is 0 Å². The molecule has 0 aromatic carbocycles. The highest BCUT2D eigenvalue weighted by Crippen LogP contribution is 1.82. The summed E-state index contributed by atoms with van der Waals surface area (Å²) in [5.41, 5.74) is 0. The SMILES string of the molecule is C[C@H](NCCCF)C(=O)O. The number of hydrogen-bond donors (Lipinski definition) is 2. The van der Waals surface area contributed by atoms with E-state index in [1.807, 2.05) is 0 Å². The molecule has 0 heterocycles. The number of rotatable bonds is 5.